The molecule has 0 bridgehead atoms. The molecule has 0 N–H and O–H groups in total. The Morgan fingerprint density at radius 2 is 1.95 bits per heavy atom. The van der Waals surface area contributed by atoms with E-state index in [0.717, 1.165) is 28.3 Å². The molecule has 7 heteroatoms. The van der Waals surface area contributed by atoms with Crippen molar-refractivity contribution in [2.24, 2.45) is 0 Å². The van der Waals surface area contributed by atoms with Crippen molar-refractivity contribution in [2.45, 2.75) is 19.9 Å². The molecular formula is C14H12Cl3N3O. The van der Waals surface area contributed by atoms with Gasteiger partial charge in [-0.3, -0.25) is 0 Å². The molecule has 3 aromatic rings. The van der Waals surface area contributed by atoms with Crippen LogP contribution in [-0.4, -0.2) is 20.6 Å². The number of hydrogen-bond donors (Lipinski definition) is 0. The molecule has 3 rings (SSSR count). The maximum Gasteiger partial charge on any atom is 0.133 e. The number of aromatic nitrogens is 3. The van der Waals surface area contributed by atoms with Crippen molar-refractivity contribution in [2.75, 3.05) is 5.88 Å². The summed E-state index contributed by atoms with van der Waals surface area (Å²) in [5.41, 5.74) is 2.53. The van der Waals surface area contributed by atoms with Crippen LogP contribution in [0.4, 0.5) is 0 Å². The molecule has 110 valence electrons. The maximum absolute atomic E-state index is 6.12. The molecule has 0 aliphatic rings. The Bertz CT molecular complexity index is 794. The second-order valence-corrected chi connectivity index (χ2v) is 5.93. The fraction of sp³-hybridized carbons (Fsp3) is 0.286. The molecule has 0 saturated heterocycles. The van der Waals surface area contributed by atoms with E-state index >= 15 is 0 Å². The van der Waals surface area contributed by atoms with Crippen molar-refractivity contribution >= 4 is 45.8 Å². The number of aryl methyl sites for hydroxylation is 2. The van der Waals surface area contributed by atoms with Gasteiger partial charge in [-0.25, -0.2) is 4.98 Å². The van der Waals surface area contributed by atoms with Crippen LogP contribution in [0, 0.1) is 6.92 Å². The number of benzene rings is 1. The highest BCUT2D eigenvalue weighted by atomic mass is 35.5. The molecule has 0 amide bonds. The first kappa shape index (κ1) is 14.7. The van der Waals surface area contributed by atoms with Crippen molar-refractivity contribution in [3.8, 4) is 0 Å². The molecule has 2 aromatic heterocycles. The number of alkyl halides is 1. The zero-order valence-electron chi connectivity index (χ0n) is 11.2. The van der Waals surface area contributed by atoms with Crippen LogP contribution in [0.2, 0.25) is 10.0 Å². The van der Waals surface area contributed by atoms with E-state index in [1.807, 2.05) is 23.6 Å². The van der Waals surface area contributed by atoms with Gasteiger partial charge in [0.2, 0.25) is 0 Å². The Morgan fingerprint density at radius 3 is 2.62 bits per heavy atom. The summed E-state index contributed by atoms with van der Waals surface area (Å²) in [4.78, 5) is 4.58. The van der Waals surface area contributed by atoms with Gasteiger partial charge in [-0.15, -0.1) is 11.6 Å². The van der Waals surface area contributed by atoms with Gasteiger partial charge in [-0.1, -0.05) is 28.4 Å². The fourth-order valence-electron chi connectivity index (χ4n) is 2.28. The summed E-state index contributed by atoms with van der Waals surface area (Å²) in [7, 11) is 0. The first-order chi connectivity index (χ1) is 10.1. The number of halogens is 3. The van der Waals surface area contributed by atoms with E-state index in [1.165, 1.54) is 0 Å². The zero-order valence-corrected chi connectivity index (χ0v) is 13.5. The number of hydrogen-bond acceptors (Lipinski definition) is 3. The third kappa shape index (κ3) is 2.89. The standard InChI is InChI=1S/C14H12Cl3N3O/c1-8-4-9(19-21-8)7-20-13-6-11(17)10(16)5-12(13)18-14(20)2-3-15/h4-6H,2-3,7H2,1H3. The van der Waals surface area contributed by atoms with Crippen LogP contribution in [0.5, 0.6) is 0 Å². The van der Waals surface area contributed by atoms with E-state index < -0.39 is 0 Å². The Labute approximate surface area is 136 Å². The second kappa shape index (κ2) is 5.87. The summed E-state index contributed by atoms with van der Waals surface area (Å²) >= 11 is 18.0. The van der Waals surface area contributed by atoms with Crippen LogP contribution >= 0.6 is 34.8 Å². The lowest BCUT2D eigenvalue weighted by atomic mass is 10.3. The van der Waals surface area contributed by atoms with Crippen LogP contribution in [0.15, 0.2) is 22.7 Å². The van der Waals surface area contributed by atoms with Gasteiger partial charge in [0, 0.05) is 18.4 Å². The van der Waals surface area contributed by atoms with Crippen molar-refractivity contribution in [1.82, 2.24) is 14.7 Å². The van der Waals surface area contributed by atoms with Crippen LogP contribution < -0.4 is 0 Å². The summed E-state index contributed by atoms with van der Waals surface area (Å²) in [6, 6.07) is 5.48. The predicted octanol–water partition coefficient (Wildman–Crippen LogP) is 4.47. The first-order valence-electron chi connectivity index (χ1n) is 6.41. The molecule has 0 spiro atoms. The third-order valence-corrected chi connectivity index (χ3v) is 4.10. The average Bonchev–Trinajstić information content (AvgIpc) is 2.97. The molecule has 1 aromatic carbocycles. The van der Waals surface area contributed by atoms with Gasteiger partial charge in [0.05, 0.1) is 27.6 Å². The minimum absolute atomic E-state index is 0.489. The Balaban J connectivity index is 2.12. The summed E-state index contributed by atoms with van der Waals surface area (Å²) in [5.74, 6) is 2.14. The summed E-state index contributed by atoms with van der Waals surface area (Å²) in [6.07, 6.45) is 0.655. The van der Waals surface area contributed by atoms with Crippen LogP contribution in [-0.2, 0) is 13.0 Å². The SMILES string of the molecule is Cc1cc(Cn2c(CCCl)nc3cc(Cl)c(Cl)cc32)no1. The van der Waals surface area contributed by atoms with Gasteiger partial charge in [0.15, 0.2) is 0 Å². The smallest absolute Gasteiger partial charge is 0.133 e. The summed E-state index contributed by atoms with van der Waals surface area (Å²) < 4.78 is 7.15. The van der Waals surface area contributed by atoms with Crippen LogP contribution in [0.3, 0.4) is 0 Å². The summed E-state index contributed by atoms with van der Waals surface area (Å²) in [6.45, 7) is 2.41. The number of rotatable bonds is 4. The maximum atomic E-state index is 6.12. The van der Waals surface area contributed by atoms with Gasteiger partial charge in [-0.2, -0.15) is 0 Å². The molecule has 0 aliphatic carbocycles. The van der Waals surface area contributed by atoms with Gasteiger partial charge >= 0.3 is 0 Å². The highest BCUT2D eigenvalue weighted by molar-refractivity contribution is 6.42. The highest BCUT2D eigenvalue weighted by Crippen LogP contribution is 2.29. The van der Waals surface area contributed by atoms with E-state index in [0.29, 0.717) is 28.9 Å². The number of nitrogens with zero attached hydrogens (tertiary/aromatic N) is 3. The van der Waals surface area contributed by atoms with Crippen molar-refractivity contribution in [1.29, 1.82) is 0 Å². The largest absolute Gasteiger partial charge is 0.361 e. The second-order valence-electron chi connectivity index (χ2n) is 4.74. The molecule has 0 atom stereocenters. The molecule has 21 heavy (non-hydrogen) atoms. The molecule has 0 saturated carbocycles. The lowest BCUT2D eigenvalue weighted by Gasteiger charge is -2.06. The molecule has 4 nitrogen and oxygen atoms in total. The van der Waals surface area contributed by atoms with Crippen molar-refractivity contribution < 1.29 is 4.52 Å². The molecule has 2 heterocycles. The quantitative estimate of drug-likeness (QED) is 0.656. The predicted molar refractivity (Wildman–Crippen MR) is 84.5 cm³/mol. The number of imidazole rings is 1. The topological polar surface area (TPSA) is 43.9 Å². The van der Waals surface area contributed by atoms with E-state index in [-0.39, 0.29) is 0 Å². The monoisotopic (exact) mass is 343 g/mol. The van der Waals surface area contributed by atoms with Gasteiger partial charge < -0.3 is 9.09 Å². The van der Waals surface area contributed by atoms with Crippen molar-refractivity contribution in [3.05, 3.63) is 45.5 Å². The van der Waals surface area contributed by atoms with Crippen LogP contribution in [0.25, 0.3) is 11.0 Å². The Hall–Kier alpha value is -1.23. The van der Waals surface area contributed by atoms with Crippen molar-refractivity contribution in [3.63, 3.8) is 0 Å². The minimum Gasteiger partial charge on any atom is -0.361 e. The Morgan fingerprint density at radius 1 is 1.19 bits per heavy atom. The van der Waals surface area contributed by atoms with E-state index in [9.17, 15) is 0 Å². The molecule has 0 fully saturated rings. The molecular weight excluding hydrogens is 333 g/mol. The van der Waals surface area contributed by atoms with Gasteiger partial charge in [-0.05, 0) is 19.1 Å². The zero-order chi connectivity index (χ0) is 15.0. The van der Waals surface area contributed by atoms with E-state index in [2.05, 4.69) is 10.1 Å². The Kier molecular flexibility index (Phi) is 4.11. The normalized spacial score (nSPS) is 11.4. The van der Waals surface area contributed by atoms with Gasteiger partial charge in [0.25, 0.3) is 0 Å². The molecule has 0 aliphatic heterocycles. The summed E-state index contributed by atoms with van der Waals surface area (Å²) in [5, 5.41) is 5.01. The minimum atomic E-state index is 0.489. The first-order valence-corrected chi connectivity index (χ1v) is 7.70. The molecule has 0 radical (unpaired) electrons. The average molecular weight is 345 g/mol. The lowest BCUT2D eigenvalue weighted by Crippen LogP contribution is -2.06. The van der Waals surface area contributed by atoms with Gasteiger partial charge in [0.1, 0.15) is 17.3 Å². The van der Waals surface area contributed by atoms with E-state index in [1.54, 1.807) is 6.07 Å². The van der Waals surface area contributed by atoms with Crippen LogP contribution in [0.1, 0.15) is 17.3 Å². The highest BCUT2D eigenvalue weighted by Gasteiger charge is 2.14. The number of fused-ring (bicyclic) bond motifs is 1. The lowest BCUT2D eigenvalue weighted by molar-refractivity contribution is 0.389. The third-order valence-electron chi connectivity index (χ3n) is 3.18. The molecule has 0 unspecified atom stereocenters. The fourth-order valence-corrected chi connectivity index (χ4v) is 2.76. The van der Waals surface area contributed by atoms with E-state index in [4.69, 9.17) is 39.3 Å².